The number of rotatable bonds is 5. The van der Waals surface area contributed by atoms with Crippen LogP contribution in [-0.2, 0) is 4.79 Å². The molecule has 0 aromatic heterocycles. The van der Waals surface area contributed by atoms with Crippen molar-refractivity contribution in [2.24, 2.45) is 0 Å². The van der Waals surface area contributed by atoms with E-state index >= 15 is 0 Å². The number of carboxylic acid groups (broad SMARTS) is 1. The Kier molecular flexibility index (Phi) is 4.99. The fourth-order valence-electron chi connectivity index (χ4n) is 1.17. The molecule has 2 nitrogen and oxygen atoms in total. The van der Waals surface area contributed by atoms with Gasteiger partial charge in [-0.2, -0.15) is 0 Å². The topological polar surface area (TPSA) is 37.3 Å². The third-order valence-electron chi connectivity index (χ3n) is 1.92. The van der Waals surface area contributed by atoms with Crippen LogP contribution in [0.25, 0.3) is 0 Å². The van der Waals surface area contributed by atoms with Crippen molar-refractivity contribution in [3.8, 4) is 0 Å². The minimum atomic E-state index is -0.753. The van der Waals surface area contributed by atoms with Crippen LogP contribution in [0.15, 0.2) is 29.2 Å². The SMILES string of the molecule is CCC[C@H](Sc1ccc(Cl)cc1)C(=O)O. The summed E-state index contributed by atoms with van der Waals surface area (Å²) in [5.41, 5.74) is 0. The summed E-state index contributed by atoms with van der Waals surface area (Å²) in [6.45, 7) is 1.98. The fraction of sp³-hybridized carbons (Fsp3) is 0.364. The summed E-state index contributed by atoms with van der Waals surface area (Å²) in [5.74, 6) is -0.753. The van der Waals surface area contributed by atoms with Crippen molar-refractivity contribution in [2.45, 2.75) is 29.9 Å². The monoisotopic (exact) mass is 244 g/mol. The highest BCUT2D eigenvalue weighted by atomic mass is 35.5. The van der Waals surface area contributed by atoms with Gasteiger partial charge in [0.25, 0.3) is 0 Å². The number of carbonyl (C=O) groups is 1. The van der Waals surface area contributed by atoms with Crippen molar-refractivity contribution in [3.05, 3.63) is 29.3 Å². The van der Waals surface area contributed by atoms with Crippen LogP contribution < -0.4 is 0 Å². The van der Waals surface area contributed by atoms with Crippen molar-refractivity contribution in [2.75, 3.05) is 0 Å². The summed E-state index contributed by atoms with van der Waals surface area (Å²) < 4.78 is 0. The lowest BCUT2D eigenvalue weighted by molar-refractivity contribution is -0.136. The molecule has 1 aromatic rings. The second-order valence-electron chi connectivity index (χ2n) is 3.19. The predicted octanol–water partition coefficient (Wildman–Crippen LogP) is 3.69. The van der Waals surface area contributed by atoms with Gasteiger partial charge >= 0.3 is 5.97 Å². The van der Waals surface area contributed by atoms with E-state index in [9.17, 15) is 4.79 Å². The van der Waals surface area contributed by atoms with E-state index in [0.29, 0.717) is 11.4 Å². The standard InChI is InChI=1S/C11H13ClO2S/c1-2-3-10(11(13)14)15-9-6-4-8(12)5-7-9/h4-7,10H,2-3H2,1H3,(H,13,14)/t10-/m0/s1. The first-order chi connectivity index (χ1) is 7.13. The molecule has 0 aliphatic carbocycles. The molecule has 15 heavy (non-hydrogen) atoms. The van der Waals surface area contributed by atoms with Crippen molar-refractivity contribution in [1.29, 1.82) is 0 Å². The average molecular weight is 245 g/mol. The molecule has 0 aliphatic heterocycles. The molecule has 1 rings (SSSR count). The fourth-order valence-corrected chi connectivity index (χ4v) is 2.37. The largest absolute Gasteiger partial charge is 0.480 e. The van der Waals surface area contributed by atoms with Gasteiger partial charge in [-0.15, -0.1) is 11.8 Å². The molecule has 0 saturated carbocycles. The normalized spacial score (nSPS) is 12.4. The molecule has 0 spiro atoms. The van der Waals surface area contributed by atoms with Crippen LogP contribution in [0.1, 0.15) is 19.8 Å². The van der Waals surface area contributed by atoms with Gasteiger partial charge in [0, 0.05) is 9.92 Å². The minimum Gasteiger partial charge on any atom is -0.480 e. The Morgan fingerprint density at radius 3 is 2.53 bits per heavy atom. The van der Waals surface area contributed by atoms with Gasteiger partial charge in [0.05, 0.1) is 0 Å². The van der Waals surface area contributed by atoms with E-state index in [0.717, 1.165) is 11.3 Å². The first-order valence-electron chi connectivity index (χ1n) is 4.78. The molecule has 0 fully saturated rings. The zero-order valence-corrected chi connectivity index (χ0v) is 10.0. The van der Waals surface area contributed by atoms with Gasteiger partial charge in [0.1, 0.15) is 5.25 Å². The predicted molar refractivity (Wildman–Crippen MR) is 63.6 cm³/mol. The van der Waals surface area contributed by atoms with Crippen LogP contribution in [0.4, 0.5) is 0 Å². The maximum absolute atomic E-state index is 10.9. The van der Waals surface area contributed by atoms with Gasteiger partial charge in [-0.1, -0.05) is 24.9 Å². The van der Waals surface area contributed by atoms with E-state index in [1.165, 1.54) is 11.8 Å². The number of halogens is 1. The van der Waals surface area contributed by atoms with Gasteiger partial charge in [-0.05, 0) is 30.7 Å². The molecule has 0 radical (unpaired) electrons. The lowest BCUT2D eigenvalue weighted by atomic mass is 10.2. The Balaban J connectivity index is 2.65. The number of hydrogen-bond donors (Lipinski definition) is 1. The molecule has 0 amide bonds. The first-order valence-corrected chi connectivity index (χ1v) is 6.04. The van der Waals surface area contributed by atoms with Crippen LogP contribution in [0.3, 0.4) is 0 Å². The maximum Gasteiger partial charge on any atom is 0.316 e. The number of benzene rings is 1. The Morgan fingerprint density at radius 2 is 2.07 bits per heavy atom. The van der Waals surface area contributed by atoms with E-state index in [-0.39, 0.29) is 5.25 Å². The van der Waals surface area contributed by atoms with Crippen molar-refractivity contribution in [3.63, 3.8) is 0 Å². The Bertz CT molecular complexity index is 324. The number of hydrogen-bond acceptors (Lipinski definition) is 2. The summed E-state index contributed by atoms with van der Waals surface area (Å²) in [5, 5.41) is 9.28. The average Bonchev–Trinajstić information content (AvgIpc) is 2.20. The summed E-state index contributed by atoms with van der Waals surface area (Å²) in [4.78, 5) is 11.9. The molecular formula is C11H13ClO2S. The van der Waals surface area contributed by atoms with Crippen LogP contribution in [0.2, 0.25) is 5.02 Å². The zero-order chi connectivity index (χ0) is 11.3. The number of carboxylic acids is 1. The van der Waals surface area contributed by atoms with Gasteiger partial charge in [-0.3, -0.25) is 4.79 Å². The molecule has 1 atom stereocenters. The lowest BCUT2D eigenvalue weighted by Crippen LogP contribution is -2.15. The van der Waals surface area contributed by atoms with Crippen molar-refractivity contribution < 1.29 is 9.90 Å². The minimum absolute atomic E-state index is 0.365. The summed E-state index contributed by atoms with van der Waals surface area (Å²) in [7, 11) is 0. The molecule has 1 N–H and O–H groups in total. The van der Waals surface area contributed by atoms with E-state index in [4.69, 9.17) is 16.7 Å². The molecule has 82 valence electrons. The molecule has 0 heterocycles. The molecular weight excluding hydrogens is 232 g/mol. The highest BCUT2D eigenvalue weighted by Gasteiger charge is 2.17. The lowest BCUT2D eigenvalue weighted by Gasteiger charge is -2.10. The van der Waals surface area contributed by atoms with Crippen LogP contribution in [0.5, 0.6) is 0 Å². The molecule has 0 bridgehead atoms. The Hall–Kier alpha value is -0.670. The first kappa shape index (κ1) is 12.4. The second kappa shape index (κ2) is 6.03. The van der Waals surface area contributed by atoms with Crippen molar-refractivity contribution in [1.82, 2.24) is 0 Å². The van der Waals surface area contributed by atoms with Crippen molar-refractivity contribution >= 4 is 29.3 Å². The highest BCUT2D eigenvalue weighted by molar-refractivity contribution is 8.00. The number of thioether (sulfide) groups is 1. The van der Waals surface area contributed by atoms with Gasteiger partial charge in [-0.25, -0.2) is 0 Å². The van der Waals surface area contributed by atoms with E-state index in [1.807, 2.05) is 19.1 Å². The second-order valence-corrected chi connectivity index (χ2v) is 4.90. The highest BCUT2D eigenvalue weighted by Crippen LogP contribution is 2.27. The van der Waals surface area contributed by atoms with Gasteiger partial charge < -0.3 is 5.11 Å². The van der Waals surface area contributed by atoms with E-state index < -0.39 is 5.97 Å². The Labute approximate surface area is 98.6 Å². The van der Waals surface area contributed by atoms with E-state index in [1.54, 1.807) is 12.1 Å². The van der Waals surface area contributed by atoms with Crippen LogP contribution in [-0.4, -0.2) is 16.3 Å². The zero-order valence-electron chi connectivity index (χ0n) is 8.44. The molecule has 0 aliphatic rings. The van der Waals surface area contributed by atoms with Crippen LogP contribution >= 0.6 is 23.4 Å². The maximum atomic E-state index is 10.9. The van der Waals surface area contributed by atoms with Gasteiger partial charge in [0.15, 0.2) is 0 Å². The van der Waals surface area contributed by atoms with Gasteiger partial charge in [0.2, 0.25) is 0 Å². The third kappa shape index (κ3) is 4.14. The smallest absolute Gasteiger partial charge is 0.316 e. The molecule has 0 saturated heterocycles. The summed E-state index contributed by atoms with van der Waals surface area (Å²) >= 11 is 7.12. The Morgan fingerprint density at radius 1 is 1.47 bits per heavy atom. The van der Waals surface area contributed by atoms with E-state index in [2.05, 4.69) is 0 Å². The molecule has 0 unspecified atom stereocenters. The third-order valence-corrected chi connectivity index (χ3v) is 3.44. The summed E-state index contributed by atoms with van der Waals surface area (Å²) in [6, 6.07) is 7.24. The van der Waals surface area contributed by atoms with Crippen LogP contribution in [0, 0.1) is 0 Å². The molecule has 1 aromatic carbocycles. The quantitative estimate of drug-likeness (QED) is 0.803. The summed E-state index contributed by atoms with van der Waals surface area (Å²) in [6.07, 6.45) is 1.56. The molecule has 4 heteroatoms. The number of aliphatic carboxylic acids is 1.